The Kier molecular flexibility index (Phi) is 9.27. The van der Waals surface area contributed by atoms with E-state index in [1.54, 1.807) is 0 Å². The second-order valence-electron chi connectivity index (χ2n) is 5.55. The molecule has 22 heavy (non-hydrogen) atoms. The Balaban J connectivity index is 0.00000242. The molecule has 124 valence electrons. The molecule has 0 atom stereocenters. The minimum Gasteiger partial charge on any atom is -0.494 e. The molecule has 0 saturated heterocycles. The average Bonchev–Trinajstić information content (AvgIpc) is 3.28. The van der Waals surface area contributed by atoms with E-state index in [4.69, 9.17) is 4.74 Å². The van der Waals surface area contributed by atoms with Crippen molar-refractivity contribution >= 4 is 29.9 Å². The highest BCUT2D eigenvalue weighted by Crippen LogP contribution is 2.18. The van der Waals surface area contributed by atoms with Crippen molar-refractivity contribution in [3.05, 3.63) is 29.8 Å². The van der Waals surface area contributed by atoms with Crippen LogP contribution in [0.5, 0.6) is 5.75 Å². The summed E-state index contributed by atoms with van der Waals surface area (Å²) in [6.07, 6.45) is 4.62. The van der Waals surface area contributed by atoms with Crippen molar-refractivity contribution in [2.75, 3.05) is 19.7 Å². The smallest absolute Gasteiger partial charge is 0.191 e. The summed E-state index contributed by atoms with van der Waals surface area (Å²) in [5.74, 6) is 1.91. The SMILES string of the molecule is CCNC(=NCCCCOc1ccc(C)cc1)NC1CC1.I. The van der Waals surface area contributed by atoms with Crippen LogP contribution in [0.1, 0.15) is 38.2 Å². The highest BCUT2D eigenvalue weighted by molar-refractivity contribution is 14.0. The fourth-order valence-electron chi connectivity index (χ4n) is 1.97. The van der Waals surface area contributed by atoms with E-state index in [9.17, 15) is 0 Å². The lowest BCUT2D eigenvalue weighted by molar-refractivity contribution is 0.308. The zero-order chi connectivity index (χ0) is 14.9. The van der Waals surface area contributed by atoms with Crippen LogP contribution in [0.15, 0.2) is 29.3 Å². The van der Waals surface area contributed by atoms with Gasteiger partial charge in [-0.25, -0.2) is 0 Å². The standard InChI is InChI=1S/C17H27N3O.HI/c1-3-18-17(20-15-8-9-15)19-12-4-5-13-21-16-10-6-14(2)7-11-16;/h6-7,10-11,15H,3-5,8-9,12-13H2,1-2H3,(H2,18,19,20);1H. The Hall–Kier alpha value is -0.980. The van der Waals surface area contributed by atoms with Gasteiger partial charge in [-0.15, -0.1) is 24.0 Å². The molecule has 0 amide bonds. The molecule has 1 aliphatic rings. The largest absolute Gasteiger partial charge is 0.494 e. The summed E-state index contributed by atoms with van der Waals surface area (Å²) in [5, 5.41) is 6.71. The number of hydrogen-bond donors (Lipinski definition) is 2. The fraction of sp³-hybridized carbons (Fsp3) is 0.588. The summed E-state index contributed by atoms with van der Waals surface area (Å²) >= 11 is 0. The van der Waals surface area contributed by atoms with Gasteiger partial charge < -0.3 is 15.4 Å². The normalized spacial score (nSPS) is 14.2. The molecule has 0 unspecified atom stereocenters. The molecule has 2 N–H and O–H groups in total. The van der Waals surface area contributed by atoms with E-state index >= 15 is 0 Å². The predicted octanol–water partition coefficient (Wildman–Crippen LogP) is 3.49. The van der Waals surface area contributed by atoms with Crippen molar-refractivity contribution < 1.29 is 4.74 Å². The molecule has 4 nitrogen and oxygen atoms in total. The molecule has 0 heterocycles. The zero-order valence-corrected chi connectivity index (χ0v) is 15.9. The molecule has 2 rings (SSSR count). The number of nitrogens with zero attached hydrogens (tertiary/aromatic N) is 1. The Labute approximate surface area is 151 Å². The number of rotatable bonds is 8. The summed E-state index contributed by atoms with van der Waals surface area (Å²) < 4.78 is 5.71. The molecule has 0 radical (unpaired) electrons. The molecule has 1 aliphatic carbocycles. The third kappa shape index (κ3) is 7.87. The Morgan fingerprint density at radius 1 is 1.23 bits per heavy atom. The van der Waals surface area contributed by atoms with Crippen LogP contribution in [-0.4, -0.2) is 31.7 Å². The van der Waals surface area contributed by atoms with Crippen LogP contribution in [0, 0.1) is 6.92 Å². The molecule has 0 bridgehead atoms. The topological polar surface area (TPSA) is 45.7 Å². The maximum Gasteiger partial charge on any atom is 0.191 e. The van der Waals surface area contributed by atoms with Crippen LogP contribution < -0.4 is 15.4 Å². The second kappa shape index (κ2) is 10.7. The van der Waals surface area contributed by atoms with Gasteiger partial charge in [0.1, 0.15) is 5.75 Å². The van der Waals surface area contributed by atoms with Gasteiger partial charge in [-0.1, -0.05) is 17.7 Å². The van der Waals surface area contributed by atoms with Gasteiger partial charge in [0, 0.05) is 19.1 Å². The number of ether oxygens (including phenoxy) is 1. The van der Waals surface area contributed by atoms with Crippen LogP contribution >= 0.6 is 24.0 Å². The van der Waals surface area contributed by atoms with E-state index in [1.165, 1.54) is 18.4 Å². The van der Waals surface area contributed by atoms with E-state index in [-0.39, 0.29) is 24.0 Å². The second-order valence-corrected chi connectivity index (χ2v) is 5.55. The van der Waals surface area contributed by atoms with Gasteiger partial charge >= 0.3 is 0 Å². The van der Waals surface area contributed by atoms with Gasteiger partial charge in [-0.3, -0.25) is 4.99 Å². The van der Waals surface area contributed by atoms with E-state index < -0.39 is 0 Å². The molecular weight excluding hydrogens is 389 g/mol. The zero-order valence-electron chi connectivity index (χ0n) is 13.6. The van der Waals surface area contributed by atoms with Gasteiger partial charge in [0.15, 0.2) is 5.96 Å². The molecular formula is C17H28IN3O. The van der Waals surface area contributed by atoms with Crippen molar-refractivity contribution in [3.63, 3.8) is 0 Å². The third-order valence-electron chi connectivity index (χ3n) is 3.37. The van der Waals surface area contributed by atoms with Crippen LogP contribution in [-0.2, 0) is 0 Å². The van der Waals surface area contributed by atoms with Crippen LogP contribution in [0.4, 0.5) is 0 Å². The summed E-state index contributed by atoms with van der Waals surface area (Å²) in [5.41, 5.74) is 1.26. The van der Waals surface area contributed by atoms with Gasteiger partial charge in [-0.2, -0.15) is 0 Å². The first-order chi connectivity index (χ1) is 10.3. The van der Waals surface area contributed by atoms with Gasteiger partial charge in [0.05, 0.1) is 6.61 Å². The molecule has 1 saturated carbocycles. The van der Waals surface area contributed by atoms with Crippen LogP contribution in [0.2, 0.25) is 0 Å². The Bertz CT molecular complexity index is 444. The number of aliphatic imine (C=N–C) groups is 1. The number of benzene rings is 1. The number of aryl methyl sites for hydroxylation is 1. The Morgan fingerprint density at radius 3 is 2.59 bits per heavy atom. The molecule has 1 fully saturated rings. The lowest BCUT2D eigenvalue weighted by Gasteiger charge is -2.10. The highest BCUT2D eigenvalue weighted by atomic mass is 127. The molecule has 0 aliphatic heterocycles. The number of unbranched alkanes of at least 4 members (excludes halogenated alkanes) is 1. The predicted molar refractivity (Wildman–Crippen MR) is 103 cm³/mol. The fourth-order valence-corrected chi connectivity index (χ4v) is 1.97. The maximum atomic E-state index is 5.71. The monoisotopic (exact) mass is 417 g/mol. The number of halogens is 1. The van der Waals surface area contributed by atoms with E-state index in [1.807, 2.05) is 12.1 Å². The lowest BCUT2D eigenvalue weighted by atomic mass is 10.2. The van der Waals surface area contributed by atoms with Crippen molar-refractivity contribution in [2.24, 2.45) is 4.99 Å². The van der Waals surface area contributed by atoms with E-state index in [2.05, 4.69) is 41.6 Å². The summed E-state index contributed by atoms with van der Waals surface area (Å²) in [7, 11) is 0. The minimum absolute atomic E-state index is 0. The molecule has 0 aromatic heterocycles. The third-order valence-corrected chi connectivity index (χ3v) is 3.37. The first-order valence-electron chi connectivity index (χ1n) is 8.02. The Morgan fingerprint density at radius 2 is 1.95 bits per heavy atom. The first-order valence-corrected chi connectivity index (χ1v) is 8.02. The summed E-state index contributed by atoms with van der Waals surface area (Å²) in [6, 6.07) is 8.84. The maximum absolute atomic E-state index is 5.71. The quantitative estimate of drug-likeness (QED) is 0.295. The number of guanidine groups is 1. The van der Waals surface area contributed by atoms with Crippen molar-refractivity contribution in [1.29, 1.82) is 0 Å². The molecule has 5 heteroatoms. The van der Waals surface area contributed by atoms with Gasteiger partial charge in [-0.05, 0) is 51.7 Å². The number of nitrogens with one attached hydrogen (secondary N) is 2. The first kappa shape index (κ1) is 19.1. The summed E-state index contributed by atoms with van der Waals surface area (Å²) in [6.45, 7) is 6.69. The molecule has 1 aromatic carbocycles. The van der Waals surface area contributed by atoms with E-state index in [0.29, 0.717) is 6.04 Å². The van der Waals surface area contributed by atoms with Crippen molar-refractivity contribution in [1.82, 2.24) is 10.6 Å². The van der Waals surface area contributed by atoms with Crippen molar-refractivity contribution in [3.8, 4) is 5.75 Å². The van der Waals surface area contributed by atoms with Crippen molar-refractivity contribution in [2.45, 2.75) is 45.6 Å². The molecule has 1 aromatic rings. The van der Waals surface area contributed by atoms with E-state index in [0.717, 1.165) is 44.2 Å². The molecule has 0 spiro atoms. The average molecular weight is 417 g/mol. The lowest BCUT2D eigenvalue weighted by Crippen LogP contribution is -2.38. The van der Waals surface area contributed by atoms with Crippen LogP contribution in [0.3, 0.4) is 0 Å². The van der Waals surface area contributed by atoms with Crippen LogP contribution in [0.25, 0.3) is 0 Å². The summed E-state index contributed by atoms with van der Waals surface area (Å²) in [4.78, 5) is 4.59. The number of hydrogen-bond acceptors (Lipinski definition) is 2. The minimum atomic E-state index is 0. The van der Waals surface area contributed by atoms with Gasteiger partial charge in [0.25, 0.3) is 0 Å². The van der Waals surface area contributed by atoms with Gasteiger partial charge in [0.2, 0.25) is 0 Å². The highest BCUT2D eigenvalue weighted by Gasteiger charge is 2.21.